The topological polar surface area (TPSA) is 111 Å². The summed E-state index contributed by atoms with van der Waals surface area (Å²) < 4.78 is 28.1. The first-order valence-corrected chi connectivity index (χ1v) is 9.21. The molecule has 7 nitrogen and oxygen atoms in total. The molecule has 0 saturated carbocycles. The van der Waals surface area contributed by atoms with Gasteiger partial charge in [0.2, 0.25) is 10.0 Å². The van der Waals surface area contributed by atoms with Crippen molar-refractivity contribution in [3.63, 3.8) is 0 Å². The number of carbonyl (C=O) groups excluding carboxylic acids is 1. The number of allylic oxidation sites excluding steroid dienone is 1. The molecule has 0 unspecified atom stereocenters. The molecule has 136 valence electrons. The van der Waals surface area contributed by atoms with Gasteiger partial charge in [0.1, 0.15) is 10.6 Å². The number of nitrogens with one attached hydrogen (secondary N) is 1. The number of sulfonamides is 1. The molecule has 1 amide bonds. The summed E-state index contributed by atoms with van der Waals surface area (Å²) in [6, 6.07) is 11.1. The van der Waals surface area contributed by atoms with E-state index in [0.29, 0.717) is 5.75 Å². The van der Waals surface area contributed by atoms with Gasteiger partial charge in [-0.15, -0.1) is 0 Å². The predicted octanol–water partition coefficient (Wildman–Crippen LogP) is 2.42. The van der Waals surface area contributed by atoms with Crippen LogP contribution in [0.4, 0.5) is 0 Å². The quantitative estimate of drug-likeness (QED) is 0.579. The number of primary sulfonamides is 1. The normalized spacial score (nSPS) is 11.8. The van der Waals surface area contributed by atoms with E-state index in [1.165, 1.54) is 18.3 Å². The molecule has 0 heterocycles. The third kappa shape index (κ3) is 5.16. The van der Waals surface area contributed by atoms with E-state index in [1.54, 1.807) is 19.3 Å². The molecule has 0 aliphatic rings. The molecule has 0 fully saturated rings. The Morgan fingerprint density at radius 3 is 2.69 bits per heavy atom. The maximum atomic E-state index is 12.0. The molecule has 0 saturated heterocycles. The second-order valence-corrected chi connectivity index (χ2v) is 6.95. The molecule has 2 aromatic rings. The summed E-state index contributed by atoms with van der Waals surface area (Å²) in [4.78, 5) is 11.7. The highest BCUT2D eigenvalue weighted by Gasteiger charge is 2.16. The fraction of sp³-hybridized carbons (Fsp3) is 0.0588. The van der Waals surface area contributed by atoms with Crippen molar-refractivity contribution >= 4 is 39.8 Å². The van der Waals surface area contributed by atoms with Crippen molar-refractivity contribution < 1.29 is 17.9 Å². The van der Waals surface area contributed by atoms with Crippen molar-refractivity contribution in [2.75, 3.05) is 7.11 Å². The van der Waals surface area contributed by atoms with Crippen molar-refractivity contribution in [1.29, 1.82) is 0 Å². The molecule has 0 aliphatic heterocycles. The molecular formula is C17H16ClN3O4S. The lowest BCUT2D eigenvalue weighted by molar-refractivity contribution is 0.0955. The van der Waals surface area contributed by atoms with Gasteiger partial charge in [-0.3, -0.25) is 4.79 Å². The van der Waals surface area contributed by atoms with E-state index in [0.717, 1.165) is 11.6 Å². The lowest BCUT2D eigenvalue weighted by Gasteiger charge is -2.04. The van der Waals surface area contributed by atoms with Gasteiger partial charge in [-0.1, -0.05) is 29.8 Å². The number of ether oxygens (including phenoxy) is 1. The Morgan fingerprint density at radius 1 is 1.27 bits per heavy atom. The number of benzene rings is 2. The summed E-state index contributed by atoms with van der Waals surface area (Å²) >= 11 is 5.77. The fourth-order valence-electron chi connectivity index (χ4n) is 2.02. The van der Waals surface area contributed by atoms with Crippen LogP contribution in [0.5, 0.6) is 5.75 Å². The summed E-state index contributed by atoms with van der Waals surface area (Å²) in [5, 5.41) is 8.76. The Morgan fingerprint density at radius 2 is 2.00 bits per heavy atom. The zero-order valence-corrected chi connectivity index (χ0v) is 15.3. The zero-order valence-electron chi connectivity index (χ0n) is 13.7. The van der Waals surface area contributed by atoms with Gasteiger partial charge in [-0.2, -0.15) is 5.10 Å². The Labute approximate surface area is 156 Å². The van der Waals surface area contributed by atoms with Crippen molar-refractivity contribution in [1.82, 2.24) is 5.43 Å². The van der Waals surface area contributed by atoms with Crippen LogP contribution in [-0.4, -0.2) is 27.6 Å². The number of methoxy groups -OCH3 is 1. The molecule has 0 bridgehead atoms. The first kappa shape index (κ1) is 19.6. The molecule has 0 aliphatic carbocycles. The fourth-order valence-corrected chi connectivity index (χ4v) is 3.09. The van der Waals surface area contributed by atoms with E-state index in [9.17, 15) is 13.2 Å². The van der Waals surface area contributed by atoms with Gasteiger partial charge in [0, 0.05) is 17.3 Å². The Kier molecular flexibility index (Phi) is 6.51. The van der Waals surface area contributed by atoms with Gasteiger partial charge in [0.05, 0.1) is 12.1 Å². The number of para-hydroxylation sites is 1. The first-order valence-electron chi connectivity index (χ1n) is 7.28. The lowest BCUT2D eigenvalue weighted by atomic mass is 10.2. The maximum absolute atomic E-state index is 12.0. The van der Waals surface area contributed by atoms with Crippen LogP contribution in [-0.2, 0) is 10.0 Å². The van der Waals surface area contributed by atoms with E-state index in [1.807, 2.05) is 24.3 Å². The smallest absolute Gasteiger partial charge is 0.271 e. The maximum Gasteiger partial charge on any atom is 0.271 e. The highest BCUT2D eigenvalue weighted by atomic mass is 35.5. The van der Waals surface area contributed by atoms with Crippen LogP contribution in [0.2, 0.25) is 5.02 Å². The molecule has 2 aromatic carbocycles. The van der Waals surface area contributed by atoms with E-state index >= 15 is 0 Å². The number of nitrogens with zero attached hydrogens (tertiary/aromatic N) is 1. The third-order valence-corrected chi connectivity index (χ3v) is 4.63. The van der Waals surface area contributed by atoms with Gasteiger partial charge >= 0.3 is 0 Å². The minimum absolute atomic E-state index is 0.0595. The highest BCUT2D eigenvalue weighted by molar-refractivity contribution is 7.89. The summed E-state index contributed by atoms with van der Waals surface area (Å²) in [5.74, 6) is 0.103. The molecule has 0 radical (unpaired) electrons. The minimum Gasteiger partial charge on any atom is -0.496 e. The molecule has 26 heavy (non-hydrogen) atoms. The van der Waals surface area contributed by atoms with Crippen LogP contribution >= 0.6 is 11.6 Å². The number of hydrogen-bond donors (Lipinski definition) is 2. The molecule has 0 aromatic heterocycles. The summed E-state index contributed by atoms with van der Waals surface area (Å²) in [5.41, 5.74) is 3.19. The van der Waals surface area contributed by atoms with Gasteiger partial charge < -0.3 is 4.74 Å². The Hall–Kier alpha value is -2.68. The predicted molar refractivity (Wildman–Crippen MR) is 101 cm³/mol. The standard InChI is InChI=1S/C17H16ClN3O4S/c1-25-15-7-3-2-5-12(15)6-4-10-20-21-17(22)13-8-9-14(18)16(11-13)26(19,23)24/h2-11H,1H3,(H,21,22)(H2,19,23,24)/b6-4+,20-10-. The summed E-state index contributed by atoms with van der Waals surface area (Å²) in [6.45, 7) is 0. The zero-order chi connectivity index (χ0) is 19.2. The number of amides is 1. The number of rotatable bonds is 6. The monoisotopic (exact) mass is 393 g/mol. The average molecular weight is 394 g/mol. The second kappa shape index (κ2) is 8.61. The Bertz CT molecular complexity index is 972. The SMILES string of the molecule is COc1ccccc1/C=C/C=N\NC(=O)c1ccc(Cl)c(S(N)(=O)=O)c1. The largest absolute Gasteiger partial charge is 0.496 e. The van der Waals surface area contributed by atoms with Crippen LogP contribution < -0.4 is 15.3 Å². The summed E-state index contributed by atoms with van der Waals surface area (Å²) in [7, 11) is -2.46. The number of hydrogen-bond acceptors (Lipinski definition) is 5. The molecule has 2 rings (SSSR count). The average Bonchev–Trinajstić information content (AvgIpc) is 2.61. The first-order chi connectivity index (χ1) is 12.3. The van der Waals surface area contributed by atoms with Crippen molar-refractivity contribution in [2.24, 2.45) is 10.2 Å². The highest BCUT2D eigenvalue weighted by Crippen LogP contribution is 2.21. The van der Waals surface area contributed by atoms with Crippen LogP contribution in [0.15, 0.2) is 58.5 Å². The van der Waals surface area contributed by atoms with Gasteiger partial charge in [0.15, 0.2) is 0 Å². The summed E-state index contributed by atoms with van der Waals surface area (Å²) in [6.07, 6.45) is 4.76. The van der Waals surface area contributed by atoms with E-state index < -0.39 is 15.9 Å². The van der Waals surface area contributed by atoms with E-state index in [4.69, 9.17) is 21.5 Å². The van der Waals surface area contributed by atoms with Crippen molar-refractivity contribution in [3.8, 4) is 5.75 Å². The Balaban J connectivity index is 2.05. The van der Waals surface area contributed by atoms with Crippen LogP contribution in [0.25, 0.3) is 6.08 Å². The lowest BCUT2D eigenvalue weighted by Crippen LogP contribution is -2.19. The van der Waals surface area contributed by atoms with Gasteiger partial charge in [-0.25, -0.2) is 19.0 Å². The molecule has 3 N–H and O–H groups in total. The molecular weight excluding hydrogens is 378 g/mol. The molecule has 0 atom stereocenters. The van der Waals surface area contributed by atoms with Gasteiger partial charge in [-0.05, 0) is 36.4 Å². The van der Waals surface area contributed by atoms with E-state index in [-0.39, 0.29) is 15.5 Å². The second-order valence-electron chi connectivity index (χ2n) is 5.01. The van der Waals surface area contributed by atoms with Crippen molar-refractivity contribution in [2.45, 2.75) is 4.90 Å². The molecule has 9 heteroatoms. The number of nitrogens with two attached hydrogens (primary N) is 1. The third-order valence-electron chi connectivity index (χ3n) is 3.24. The van der Waals surface area contributed by atoms with Crippen LogP contribution in [0, 0.1) is 0 Å². The number of carbonyl (C=O) groups is 1. The van der Waals surface area contributed by atoms with E-state index in [2.05, 4.69) is 10.5 Å². The molecule has 0 spiro atoms. The van der Waals surface area contributed by atoms with Crippen molar-refractivity contribution in [3.05, 3.63) is 64.7 Å². The van der Waals surface area contributed by atoms with Gasteiger partial charge in [0.25, 0.3) is 5.91 Å². The van der Waals surface area contributed by atoms with Crippen LogP contribution in [0.1, 0.15) is 15.9 Å². The minimum atomic E-state index is -4.03. The number of hydrazone groups is 1. The van der Waals surface area contributed by atoms with Crippen LogP contribution in [0.3, 0.4) is 0 Å². The number of halogens is 1.